The normalized spacial score (nSPS) is 16.0. The van der Waals surface area contributed by atoms with Gasteiger partial charge in [0, 0.05) is 12.1 Å². The van der Waals surface area contributed by atoms with E-state index < -0.39 is 0 Å². The van der Waals surface area contributed by atoms with E-state index in [9.17, 15) is 4.79 Å². The number of allylic oxidation sites excluding steroid dienone is 1. The molecular weight excluding hydrogens is 270 g/mol. The highest BCUT2D eigenvalue weighted by atomic mass is 16.1. The molecule has 0 spiro atoms. The summed E-state index contributed by atoms with van der Waals surface area (Å²) in [5.41, 5.74) is 4.62. The summed E-state index contributed by atoms with van der Waals surface area (Å²) in [4.78, 5) is 12.3. The molecule has 1 amide bonds. The van der Waals surface area contributed by atoms with E-state index in [0.717, 1.165) is 24.8 Å². The maximum absolute atomic E-state index is 12.3. The first kappa shape index (κ1) is 14.6. The molecule has 0 radical (unpaired) electrons. The van der Waals surface area contributed by atoms with E-state index in [1.807, 2.05) is 6.92 Å². The minimum absolute atomic E-state index is 0.0101. The van der Waals surface area contributed by atoms with Crippen LogP contribution in [-0.4, -0.2) is 12.5 Å². The molecule has 0 unspecified atom stereocenters. The molecule has 2 aromatic rings. The van der Waals surface area contributed by atoms with Crippen LogP contribution in [-0.2, 0) is 11.2 Å². The van der Waals surface area contributed by atoms with E-state index in [-0.39, 0.29) is 5.91 Å². The number of carbonyl (C=O) groups excluding carboxylic acids is 1. The minimum Gasteiger partial charge on any atom is -0.349 e. The molecule has 0 atom stereocenters. The minimum atomic E-state index is 0.0101. The van der Waals surface area contributed by atoms with E-state index >= 15 is 0 Å². The molecule has 0 aromatic heterocycles. The van der Waals surface area contributed by atoms with Gasteiger partial charge < -0.3 is 5.32 Å². The van der Waals surface area contributed by atoms with Crippen LogP contribution in [0.4, 0.5) is 0 Å². The number of rotatable bonds is 3. The molecule has 0 fully saturated rings. The summed E-state index contributed by atoms with van der Waals surface area (Å²) in [7, 11) is 0. The Hall–Kier alpha value is -2.35. The van der Waals surface area contributed by atoms with Gasteiger partial charge in [-0.15, -0.1) is 6.58 Å². The summed E-state index contributed by atoms with van der Waals surface area (Å²) >= 11 is 0. The zero-order chi connectivity index (χ0) is 15.5. The van der Waals surface area contributed by atoms with Crippen LogP contribution in [0.15, 0.2) is 54.6 Å². The predicted octanol–water partition coefficient (Wildman–Crippen LogP) is 4.25. The van der Waals surface area contributed by atoms with Crippen molar-refractivity contribution in [1.29, 1.82) is 0 Å². The Morgan fingerprint density at radius 1 is 1.23 bits per heavy atom. The highest BCUT2D eigenvalue weighted by Gasteiger charge is 2.19. The summed E-state index contributed by atoms with van der Waals surface area (Å²) in [6, 6.07) is 12.9. The number of amides is 1. The highest BCUT2D eigenvalue weighted by Crippen LogP contribution is 2.35. The average molecular weight is 291 g/mol. The molecule has 22 heavy (non-hydrogen) atoms. The van der Waals surface area contributed by atoms with Crippen molar-refractivity contribution < 1.29 is 4.79 Å². The molecule has 2 aromatic carbocycles. The highest BCUT2D eigenvalue weighted by molar-refractivity contribution is 6.02. The van der Waals surface area contributed by atoms with Gasteiger partial charge in [0.05, 0.1) is 0 Å². The van der Waals surface area contributed by atoms with Crippen molar-refractivity contribution in [3.8, 4) is 0 Å². The van der Waals surface area contributed by atoms with E-state index in [4.69, 9.17) is 0 Å². The van der Waals surface area contributed by atoms with Gasteiger partial charge in [-0.1, -0.05) is 36.4 Å². The number of hydrogen-bond acceptors (Lipinski definition) is 1. The van der Waals surface area contributed by atoms with Crippen LogP contribution in [0.3, 0.4) is 0 Å². The average Bonchev–Trinajstić information content (AvgIpc) is 2.56. The van der Waals surface area contributed by atoms with Gasteiger partial charge in [0.1, 0.15) is 0 Å². The molecule has 0 saturated carbocycles. The van der Waals surface area contributed by atoms with Crippen LogP contribution in [0, 0.1) is 0 Å². The number of nitrogens with one attached hydrogen (secondary N) is 1. The lowest BCUT2D eigenvalue weighted by atomic mass is 9.83. The number of carbonyl (C=O) groups is 1. The van der Waals surface area contributed by atoms with E-state index in [1.54, 1.807) is 6.08 Å². The molecule has 1 aliphatic carbocycles. The van der Waals surface area contributed by atoms with Crippen molar-refractivity contribution in [2.24, 2.45) is 0 Å². The number of hydrogen-bond donors (Lipinski definition) is 1. The predicted molar refractivity (Wildman–Crippen MR) is 92.7 cm³/mol. The smallest absolute Gasteiger partial charge is 0.247 e. The van der Waals surface area contributed by atoms with Gasteiger partial charge >= 0.3 is 0 Å². The fourth-order valence-corrected chi connectivity index (χ4v) is 3.19. The van der Waals surface area contributed by atoms with Crippen LogP contribution in [0.2, 0.25) is 0 Å². The number of fused-ring (bicyclic) bond motifs is 2. The van der Waals surface area contributed by atoms with Gasteiger partial charge in [-0.3, -0.25) is 4.79 Å². The maximum Gasteiger partial charge on any atom is 0.247 e. The third kappa shape index (κ3) is 2.69. The molecule has 1 N–H and O–H groups in total. The lowest BCUT2D eigenvalue weighted by Crippen LogP contribution is -2.25. The number of aryl methyl sites for hydroxylation is 1. The SMILES string of the molecule is C=CCNC(=O)/C(C)=C1/CCCc2cc3ccccc3cc21. The van der Waals surface area contributed by atoms with Gasteiger partial charge in [0.25, 0.3) is 0 Å². The largest absolute Gasteiger partial charge is 0.349 e. The van der Waals surface area contributed by atoms with E-state index in [2.05, 4.69) is 48.3 Å². The first-order valence-corrected chi connectivity index (χ1v) is 7.81. The molecule has 3 rings (SSSR count). The first-order valence-electron chi connectivity index (χ1n) is 7.81. The number of benzene rings is 2. The summed E-state index contributed by atoms with van der Waals surface area (Å²) in [6.45, 7) is 6.08. The zero-order valence-electron chi connectivity index (χ0n) is 13.0. The molecule has 2 heteroatoms. The van der Waals surface area contributed by atoms with Gasteiger partial charge in [-0.05, 0) is 59.7 Å². The van der Waals surface area contributed by atoms with Gasteiger partial charge in [0.15, 0.2) is 0 Å². The Morgan fingerprint density at radius 2 is 1.95 bits per heavy atom. The van der Waals surface area contributed by atoms with Gasteiger partial charge in [-0.25, -0.2) is 0 Å². The molecule has 2 nitrogen and oxygen atoms in total. The van der Waals surface area contributed by atoms with Crippen molar-refractivity contribution in [1.82, 2.24) is 5.32 Å². The fraction of sp³-hybridized carbons (Fsp3) is 0.250. The Balaban J connectivity index is 2.08. The van der Waals surface area contributed by atoms with Crippen molar-refractivity contribution in [2.75, 3.05) is 6.54 Å². The van der Waals surface area contributed by atoms with E-state index in [1.165, 1.54) is 27.5 Å². The first-order chi connectivity index (χ1) is 10.7. The standard InChI is InChI=1S/C20H21NO/c1-3-11-21-20(22)14(2)18-10-6-9-17-12-15-7-4-5-8-16(15)13-19(17)18/h3-5,7-8,12-13H,1,6,9-11H2,2H3,(H,21,22)/b18-14-. The van der Waals surface area contributed by atoms with Crippen LogP contribution in [0.1, 0.15) is 30.9 Å². The van der Waals surface area contributed by atoms with Crippen molar-refractivity contribution in [2.45, 2.75) is 26.2 Å². The molecule has 0 aliphatic heterocycles. The van der Waals surface area contributed by atoms with Gasteiger partial charge in [-0.2, -0.15) is 0 Å². The van der Waals surface area contributed by atoms with Crippen LogP contribution < -0.4 is 5.32 Å². The summed E-state index contributed by atoms with van der Waals surface area (Å²) < 4.78 is 0. The molecule has 1 aliphatic rings. The Morgan fingerprint density at radius 3 is 2.68 bits per heavy atom. The van der Waals surface area contributed by atoms with Crippen LogP contribution in [0.5, 0.6) is 0 Å². The van der Waals surface area contributed by atoms with Gasteiger partial charge in [0.2, 0.25) is 5.91 Å². The second kappa shape index (κ2) is 6.18. The lowest BCUT2D eigenvalue weighted by Gasteiger charge is -2.22. The third-order valence-corrected chi connectivity index (χ3v) is 4.37. The molecule has 0 saturated heterocycles. The fourth-order valence-electron chi connectivity index (χ4n) is 3.19. The quantitative estimate of drug-likeness (QED) is 0.664. The van der Waals surface area contributed by atoms with E-state index in [0.29, 0.717) is 6.54 Å². The van der Waals surface area contributed by atoms with Crippen LogP contribution in [0.25, 0.3) is 16.3 Å². The Labute approximate surface area is 131 Å². The topological polar surface area (TPSA) is 29.1 Å². The second-order valence-corrected chi connectivity index (χ2v) is 5.81. The molecular formula is C20H21NO. The lowest BCUT2D eigenvalue weighted by molar-refractivity contribution is -0.117. The van der Waals surface area contributed by atoms with Crippen molar-refractivity contribution >= 4 is 22.3 Å². The monoisotopic (exact) mass is 291 g/mol. The maximum atomic E-state index is 12.3. The Kier molecular flexibility index (Phi) is 4.10. The molecule has 0 bridgehead atoms. The van der Waals surface area contributed by atoms with Crippen molar-refractivity contribution in [3.05, 3.63) is 65.8 Å². The van der Waals surface area contributed by atoms with Crippen LogP contribution >= 0.6 is 0 Å². The summed E-state index contributed by atoms with van der Waals surface area (Å²) in [5, 5.41) is 5.39. The molecule has 0 heterocycles. The third-order valence-electron chi connectivity index (χ3n) is 4.37. The summed E-state index contributed by atoms with van der Waals surface area (Å²) in [6.07, 6.45) is 4.87. The second-order valence-electron chi connectivity index (χ2n) is 5.81. The molecule has 112 valence electrons. The summed E-state index contributed by atoms with van der Waals surface area (Å²) in [5.74, 6) is 0.0101. The zero-order valence-corrected chi connectivity index (χ0v) is 13.0. The van der Waals surface area contributed by atoms with Crippen molar-refractivity contribution in [3.63, 3.8) is 0 Å². The Bertz CT molecular complexity index is 770.